The molecule has 2 nitrogen and oxygen atoms in total. The number of aryl methyl sites for hydroxylation is 1. The lowest BCUT2D eigenvalue weighted by Gasteiger charge is -2.29. The number of aromatic nitrogens is 1. The summed E-state index contributed by atoms with van der Waals surface area (Å²) in [6, 6.07) is 8.38. The van der Waals surface area contributed by atoms with E-state index in [9.17, 15) is 9.50 Å². The minimum absolute atomic E-state index is 0.178. The zero-order chi connectivity index (χ0) is 14.1. The minimum atomic E-state index is -0.961. The van der Waals surface area contributed by atoms with Crippen molar-refractivity contribution < 1.29 is 9.50 Å². The third-order valence-electron chi connectivity index (χ3n) is 3.92. The van der Waals surface area contributed by atoms with Crippen LogP contribution in [0.25, 0.3) is 0 Å². The zero-order valence-electron chi connectivity index (χ0n) is 10.9. The van der Waals surface area contributed by atoms with Gasteiger partial charge in [0.1, 0.15) is 5.82 Å². The molecule has 2 aromatic rings. The molecule has 0 fully saturated rings. The Kier molecular flexibility index (Phi) is 3.72. The van der Waals surface area contributed by atoms with Gasteiger partial charge in [-0.1, -0.05) is 23.7 Å². The van der Waals surface area contributed by atoms with Gasteiger partial charge in [-0.3, -0.25) is 4.98 Å². The smallest absolute Gasteiger partial charge is 0.130 e. The number of aliphatic hydroxyl groups excluding tert-OH is 1. The van der Waals surface area contributed by atoms with Crippen molar-refractivity contribution in [1.82, 2.24) is 4.98 Å². The highest BCUT2D eigenvalue weighted by Crippen LogP contribution is 2.41. The van der Waals surface area contributed by atoms with Crippen LogP contribution in [0.4, 0.5) is 4.39 Å². The molecule has 1 aromatic carbocycles. The van der Waals surface area contributed by atoms with Crippen LogP contribution in [0.2, 0.25) is 5.02 Å². The van der Waals surface area contributed by atoms with E-state index >= 15 is 0 Å². The van der Waals surface area contributed by atoms with Crippen LogP contribution >= 0.6 is 11.6 Å². The van der Waals surface area contributed by atoms with Crippen LogP contribution in [0.5, 0.6) is 0 Å². The minimum Gasteiger partial charge on any atom is -0.388 e. The topological polar surface area (TPSA) is 33.1 Å². The molecule has 0 bridgehead atoms. The molecule has 1 N–H and O–H groups in total. The number of aliphatic hydroxyl groups is 1. The number of nitrogens with zero attached hydrogens (tertiary/aromatic N) is 1. The Labute approximate surface area is 122 Å². The van der Waals surface area contributed by atoms with E-state index in [1.807, 2.05) is 12.1 Å². The molecule has 2 unspecified atom stereocenters. The molecule has 1 heterocycles. The van der Waals surface area contributed by atoms with Gasteiger partial charge in [0.2, 0.25) is 0 Å². The van der Waals surface area contributed by atoms with Crippen LogP contribution in [-0.4, -0.2) is 10.1 Å². The second kappa shape index (κ2) is 5.51. The molecule has 3 rings (SSSR count). The normalized spacial score (nSPS) is 19.4. The molecule has 1 aliphatic rings. The van der Waals surface area contributed by atoms with Gasteiger partial charge in [0.15, 0.2) is 0 Å². The van der Waals surface area contributed by atoms with Crippen molar-refractivity contribution >= 4 is 11.6 Å². The van der Waals surface area contributed by atoms with E-state index in [1.165, 1.54) is 6.07 Å². The number of hydrogen-bond acceptors (Lipinski definition) is 2. The molecule has 0 radical (unpaired) electrons. The van der Waals surface area contributed by atoms with Crippen LogP contribution in [-0.2, 0) is 6.42 Å². The summed E-state index contributed by atoms with van der Waals surface area (Å²) < 4.78 is 14.0. The number of rotatable bonds is 2. The van der Waals surface area contributed by atoms with E-state index in [2.05, 4.69) is 4.98 Å². The fourth-order valence-corrected chi connectivity index (χ4v) is 3.22. The van der Waals surface area contributed by atoms with Gasteiger partial charge in [-0.25, -0.2) is 4.39 Å². The Balaban J connectivity index is 2.02. The Bertz CT molecular complexity index is 611. The van der Waals surface area contributed by atoms with Crippen molar-refractivity contribution in [2.45, 2.75) is 31.3 Å². The van der Waals surface area contributed by atoms with Crippen LogP contribution in [0.15, 0.2) is 36.5 Å². The van der Waals surface area contributed by atoms with Gasteiger partial charge in [-0.2, -0.15) is 0 Å². The van der Waals surface area contributed by atoms with Gasteiger partial charge in [0.05, 0.1) is 6.10 Å². The predicted molar refractivity (Wildman–Crippen MR) is 76.3 cm³/mol. The van der Waals surface area contributed by atoms with Crippen LogP contribution in [0, 0.1) is 5.82 Å². The number of benzene rings is 1. The Morgan fingerprint density at radius 3 is 2.95 bits per heavy atom. The molecule has 0 spiro atoms. The van der Waals surface area contributed by atoms with Crippen molar-refractivity contribution in [3.8, 4) is 0 Å². The molecule has 104 valence electrons. The molecule has 4 heteroatoms. The molecule has 0 amide bonds. The van der Waals surface area contributed by atoms with Crippen molar-refractivity contribution in [2.75, 3.05) is 0 Å². The molecule has 1 aromatic heterocycles. The van der Waals surface area contributed by atoms with Crippen molar-refractivity contribution in [3.63, 3.8) is 0 Å². The Morgan fingerprint density at radius 1 is 1.30 bits per heavy atom. The number of halogens is 2. The van der Waals surface area contributed by atoms with E-state index in [0.717, 1.165) is 30.5 Å². The highest BCUT2D eigenvalue weighted by molar-refractivity contribution is 6.31. The summed E-state index contributed by atoms with van der Waals surface area (Å²) in [5.41, 5.74) is 2.18. The van der Waals surface area contributed by atoms with Gasteiger partial charge in [-0.05, 0) is 43.0 Å². The lowest BCUT2D eigenvalue weighted by Crippen LogP contribution is -2.19. The summed E-state index contributed by atoms with van der Waals surface area (Å²) in [6.07, 6.45) is 3.46. The maximum absolute atomic E-state index is 14.0. The quantitative estimate of drug-likeness (QED) is 0.906. The first kappa shape index (κ1) is 13.5. The molecule has 0 saturated heterocycles. The molecular weight excluding hydrogens is 277 g/mol. The SMILES string of the molecule is OC(c1c(F)cccc1Cl)C1CCCc2cccnc21. The second-order valence-corrected chi connectivity index (χ2v) is 5.53. The van der Waals surface area contributed by atoms with Gasteiger partial charge >= 0.3 is 0 Å². The van der Waals surface area contributed by atoms with E-state index < -0.39 is 11.9 Å². The fraction of sp³-hybridized carbons (Fsp3) is 0.312. The first-order valence-corrected chi connectivity index (χ1v) is 7.12. The van der Waals surface area contributed by atoms with Gasteiger partial charge in [0, 0.05) is 28.4 Å². The molecule has 0 saturated carbocycles. The number of pyridine rings is 1. The molecule has 2 atom stereocenters. The summed E-state index contributed by atoms with van der Waals surface area (Å²) >= 11 is 6.05. The maximum Gasteiger partial charge on any atom is 0.130 e. The largest absolute Gasteiger partial charge is 0.388 e. The Morgan fingerprint density at radius 2 is 2.15 bits per heavy atom. The predicted octanol–water partition coefficient (Wildman–Crippen LogP) is 4.03. The highest BCUT2D eigenvalue weighted by atomic mass is 35.5. The maximum atomic E-state index is 14.0. The molecule has 20 heavy (non-hydrogen) atoms. The average molecular weight is 292 g/mol. The lowest BCUT2D eigenvalue weighted by molar-refractivity contribution is 0.130. The average Bonchev–Trinajstić information content (AvgIpc) is 2.46. The van der Waals surface area contributed by atoms with Crippen LogP contribution < -0.4 is 0 Å². The lowest BCUT2D eigenvalue weighted by atomic mass is 9.81. The van der Waals surface area contributed by atoms with Crippen molar-refractivity contribution in [1.29, 1.82) is 0 Å². The summed E-state index contributed by atoms with van der Waals surface area (Å²) in [5, 5.41) is 10.9. The van der Waals surface area contributed by atoms with Crippen LogP contribution in [0.3, 0.4) is 0 Å². The third-order valence-corrected chi connectivity index (χ3v) is 4.24. The van der Waals surface area contributed by atoms with Crippen molar-refractivity contribution in [3.05, 3.63) is 64.2 Å². The first-order valence-electron chi connectivity index (χ1n) is 6.74. The summed E-state index contributed by atoms with van der Waals surface area (Å²) in [6.45, 7) is 0. The second-order valence-electron chi connectivity index (χ2n) is 5.13. The number of hydrogen-bond donors (Lipinski definition) is 1. The fourth-order valence-electron chi connectivity index (χ4n) is 2.95. The van der Waals surface area contributed by atoms with Gasteiger partial charge in [-0.15, -0.1) is 0 Å². The molecule has 1 aliphatic carbocycles. The highest BCUT2D eigenvalue weighted by Gasteiger charge is 2.31. The summed E-state index contributed by atoms with van der Waals surface area (Å²) in [5.74, 6) is -0.664. The third kappa shape index (κ3) is 2.32. The molecule has 0 aliphatic heterocycles. The van der Waals surface area contributed by atoms with E-state index in [4.69, 9.17) is 11.6 Å². The van der Waals surface area contributed by atoms with Crippen LogP contribution in [0.1, 0.15) is 41.7 Å². The van der Waals surface area contributed by atoms with E-state index in [0.29, 0.717) is 0 Å². The monoisotopic (exact) mass is 291 g/mol. The summed E-state index contributed by atoms with van der Waals surface area (Å²) in [7, 11) is 0. The van der Waals surface area contributed by atoms with Crippen molar-refractivity contribution in [2.24, 2.45) is 0 Å². The zero-order valence-corrected chi connectivity index (χ0v) is 11.6. The summed E-state index contributed by atoms with van der Waals surface area (Å²) in [4.78, 5) is 4.38. The van der Waals surface area contributed by atoms with E-state index in [1.54, 1.807) is 18.3 Å². The van der Waals surface area contributed by atoms with Gasteiger partial charge < -0.3 is 5.11 Å². The number of fused-ring (bicyclic) bond motifs is 1. The van der Waals surface area contributed by atoms with Gasteiger partial charge in [0.25, 0.3) is 0 Å². The molecular formula is C16H15ClFNO. The Hall–Kier alpha value is -1.45. The van der Waals surface area contributed by atoms with E-state index in [-0.39, 0.29) is 16.5 Å². The standard InChI is InChI=1S/C16H15ClFNO/c17-12-7-2-8-13(18)14(12)16(20)11-6-1-4-10-5-3-9-19-15(10)11/h2-3,5,7-9,11,16,20H,1,4,6H2. The first-order chi connectivity index (χ1) is 9.68.